The zero-order valence-electron chi connectivity index (χ0n) is 27.4. The molecule has 0 heterocycles. The molecule has 0 aromatic rings. The van der Waals surface area contributed by atoms with Gasteiger partial charge in [0.2, 0.25) is 0 Å². The van der Waals surface area contributed by atoms with Crippen LogP contribution in [0.2, 0.25) is 0 Å². The zero-order chi connectivity index (χ0) is 28.2. The summed E-state index contributed by atoms with van der Waals surface area (Å²) in [5, 5.41) is 3.44. The topological polar surface area (TPSA) is 30.5 Å². The predicted octanol–water partition coefficient (Wildman–Crippen LogP) is 11.6. The van der Waals surface area contributed by atoms with Crippen LogP contribution in [0, 0.1) is 0 Å². The molecule has 0 bridgehead atoms. The van der Waals surface area contributed by atoms with Gasteiger partial charge in [-0.25, -0.2) is 0 Å². The van der Waals surface area contributed by atoms with E-state index in [4.69, 9.17) is 9.47 Å². The molecule has 0 aliphatic heterocycles. The van der Waals surface area contributed by atoms with E-state index >= 15 is 0 Å². The first-order valence-electron chi connectivity index (χ1n) is 18.3. The number of hydrogen-bond acceptors (Lipinski definition) is 3. The molecule has 0 aliphatic rings. The molecule has 39 heavy (non-hydrogen) atoms. The Morgan fingerprint density at radius 1 is 0.282 bits per heavy atom. The van der Waals surface area contributed by atoms with Gasteiger partial charge in [0.1, 0.15) is 0 Å². The summed E-state index contributed by atoms with van der Waals surface area (Å²) in [5.74, 6) is 0. The van der Waals surface area contributed by atoms with Crippen LogP contribution in [0.25, 0.3) is 0 Å². The second-order valence-electron chi connectivity index (χ2n) is 12.2. The van der Waals surface area contributed by atoms with E-state index in [0.29, 0.717) is 0 Å². The number of ether oxygens (including phenoxy) is 2. The number of nitrogens with one attached hydrogen (secondary N) is 1. The Hall–Kier alpha value is -0.120. The van der Waals surface area contributed by atoms with Gasteiger partial charge in [0.05, 0.1) is 13.2 Å². The molecule has 3 nitrogen and oxygen atoms in total. The van der Waals surface area contributed by atoms with Gasteiger partial charge in [-0.05, 0) is 12.8 Å². The Morgan fingerprint density at radius 3 is 0.769 bits per heavy atom. The van der Waals surface area contributed by atoms with Crippen molar-refractivity contribution < 1.29 is 9.47 Å². The van der Waals surface area contributed by atoms with Crippen LogP contribution in [0.1, 0.15) is 194 Å². The Morgan fingerprint density at radius 2 is 0.513 bits per heavy atom. The van der Waals surface area contributed by atoms with Crippen molar-refractivity contribution in [1.29, 1.82) is 0 Å². The Kier molecular flexibility index (Phi) is 37.8. The largest absolute Gasteiger partial charge is 0.380 e. The highest BCUT2D eigenvalue weighted by Crippen LogP contribution is 2.14. The van der Waals surface area contributed by atoms with E-state index < -0.39 is 0 Å². The minimum atomic E-state index is 0.831. The first-order valence-corrected chi connectivity index (χ1v) is 18.3. The van der Waals surface area contributed by atoms with Gasteiger partial charge in [0.15, 0.2) is 0 Å². The summed E-state index contributed by atoms with van der Waals surface area (Å²) in [4.78, 5) is 0. The molecular formula is C36H75NO2. The highest BCUT2D eigenvalue weighted by molar-refractivity contribution is 4.51. The maximum Gasteiger partial charge on any atom is 0.0590 e. The van der Waals surface area contributed by atoms with Crippen LogP contribution in [0.15, 0.2) is 0 Å². The number of hydrogen-bond donors (Lipinski definition) is 1. The van der Waals surface area contributed by atoms with E-state index in [0.717, 1.165) is 39.5 Å². The SMILES string of the molecule is CCCCCCCCCCCCCCCCOCCNCCOCCCCCCCCCCCCCCCC. The molecule has 0 spiro atoms. The lowest BCUT2D eigenvalue weighted by Gasteiger charge is -2.07. The van der Waals surface area contributed by atoms with Crippen molar-refractivity contribution in [2.24, 2.45) is 0 Å². The smallest absolute Gasteiger partial charge is 0.0590 e. The molecule has 0 saturated carbocycles. The number of rotatable bonds is 36. The van der Waals surface area contributed by atoms with Gasteiger partial charge in [0, 0.05) is 26.3 Å². The van der Waals surface area contributed by atoms with E-state index in [1.165, 1.54) is 180 Å². The van der Waals surface area contributed by atoms with Crippen LogP contribution in [-0.4, -0.2) is 39.5 Å². The maximum absolute atomic E-state index is 5.77. The van der Waals surface area contributed by atoms with E-state index in [1.54, 1.807) is 0 Å². The molecule has 0 aliphatic carbocycles. The van der Waals surface area contributed by atoms with E-state index in [9.17, 15) is 0 Å². The van der Waals surface area contributed by atoms with Crippen LogP contribution in [-0.2, 0) is 9.47 Å². The zero-order valence-corrected chi connectivity index (χ0v) is 27.4. The molecule has 0 radical (unpaired) electrons. The van der Waals surface area contributed by atoms with Gasteiger partial charge in [-0.3, -0.25) is 0 Å². The van der Waals surface area contributed by atoms with Gasteiger partial charge in [0.25, 0.3) is 0 Å². The summed E-state index contributed by atoms with van der Waals surface area (Å²) < 4.78 is 11.5. The molecule has 236 valence electrons. The standard InChI is InChI=1S/C36H75NO2/c1-3-5-7-9-11-13-15-17-19-21-23-25-27-29-33-38-35-31-37-32-36-39-34-30-28-26-24-22-20-18-16-14-12-10-8-6-4-2/h37H,3-36H2,1-2H3. The average Bonchev–Trinajstić information content (AvgIpc) is 2.95. The van der Waals surface area contributed by atoms with Gasteiger partial charge in [-0.2, -0.15) is 0 Å². The quantitative estimate of drug-likeness (QED) is 0.0782. The van der Waals surface area contributed by atoms with E-state index in [2.05, 4.69) is 19.2 Å². The normalized spacial score (nSPS) is 11.5. The Balaban J connectivity index is 3.01. The molecule has 0 aromatic heterocycles. The highest BCUT2D eigenvalue weighted by Gasteiger charge is 1.97. The molecule has 0 unspecified atom stereocenters. The molecule has 0 fully saturated rings. The van der Waals surface area contributed by atoms with Crippen molar-refractivity contribution in [3.05, 3.63) is 0 Å². The summed E-state index contributed by atoms with van der Waals surface area (Å²) >= 11 is 0. The highest BCUT2D eigenvalue weighted by atomic mass is 16.5. The van der Waals surface area contributed by atoms with Crippen molar-refractivity contribution in [3.63, 3.8) is 0 Å². The minimum absolute atomic E-state index is 0.831. The first kappa shape index (κ1) is 38.9. The number of unbranched alkanes of at least 4 members (excludes halogenated alkanes) is 26. The summed E-state index contributed by atoms with van der Waals surface area (Å²) in [6, 6.07) is 0. The van der Waals surface area contributed by atoms with Crippen LogP contribution in [0.4, 0.5) is 0 Å². The fraction of sp³-hybridized carbons (Fsp3) is 1.00. The summed E-state index contributed by atoms with van der Waals surface area (Å²) in [6.07, 6.45) is 39.5. The fourth-order valence-corrected chi connectivity index (χ4v) is 5.42. The lowest BCUT2D eigenvalue weighted by atomic mass is 10.0. The van der Waals surface area contributed by atoms with Gasteiger partial charge < -0.3 is 14.8 Å². The van der Waals surface area contributed by atoms with E-state index in [-0.39, 0.29) is 0 Å². The monoisotopic (exact) mass is 554 g/mol. The summed E-state index contributed by atoms with van der Waals surface area (Å²) in [6.45, 7) is 10.00. The molecule has 3 heteroatoms. The van der Waals surface area contributed by atoms with Crippen LogP contribution >= 0.6 is 0 Å². The van der Waals surface area contributed by atoms with Crippen molar-refractivity contribution in [2.45, 2.75) is 194 Å². The third-order valence-corrected chi connectivity index (χ3v) is 8.13. The molecule has 0 amide bonds. The van der Waals surface area contributed by atoms with Crippen molar-refractivity contribution in [1.82, 2.24) is 5.32 Å². The van der Waals surface area contributed by atoms with Crippen LogP contribution < -0.4 is 5.32 Å². The van der Waals surface area contributed by atoms with Gasteiger partial charge in [-0.1, -0.05) is 181 Å². The molecule has 0 atom stereocenters. The van der Waals surface area contributed by atoms with E-state index in [1.807, 2.05) is 0 Å². The molecule has 0 rings (SSSR count). The third kappa shape index (κ3) is 37.9. The van der Waals surface area contributed by atoms with Gasteiger partial charge in [-0.15, -0.1) is 0 Å². The molecule has 0 saturated heterocycles. The Labute approximate surface area is 247 Å². The van der Waals surface area contributed by atoms with Crippen molar-refractivity contribution in [2.75, 3.05) is 39.5 Å². The second-order valence-corrected chi connectivity index (χ2v) is 12.2. The Bertz CT molecular complexity index is 368. The first-order chi connectivity index (χ1) is 19.4. The summed E-state index contributed by atoms with van der Waals surface area (Å²) in [7, 11) is 0. The predicted molar refractivity (Wildman–Crippen MR) is 175 cm³/mol. The average molecular weight is 554 g/mol. The molecular weight excluding hydrogens is 478 g/mol. The lowest BCUT2D eigenvalue weighted by molar-refractivity contribution is 0.117. The van der Waals surface area contributed by atoms with Crippen LogP contribution in [0.5, 0.6) is 0 Å². The van der Waals surface area contributed by atoms with Gasteiger partial charge >= 0.3 is 0 Å². The van der Waals surface area contributed by atoms with Crippen molar-refractivity contribution in [3.8, 4) is 0 Å². The maximum atomic E-state index is 5.77. The third-order valence-electron chi connectivity index (χ3n) is 8.13. The van der Waals surface area contributed by atoms with Crippen LogP contribution in [0.3, 0.4) is 0 Å². The fourth-order valence-electron chi connectivity index (χ4n) is 5.42. The molecule has 1 N–H and O–H groups in total. The second kappa shape index (κ2) is 37.9. The molecule has 0 aromatic carbocycles. The minimum Gasteiger partial charge on any atom is -0.380 e. The summed E-state index contributed by atoms with van der Waals surface area (Å²) in [5.41, 5.74) is 0. The van der Waals surface area contributed by atoms with Crippen molar-refractivity contribution >= 4 is 0 Å². The lowest BCUT2D eigenvalue weighted by Crippen LogP contribution is -2.24.